The van der Waals surface area contributed by atoms with Crippen LogP contribution in [0.15, 0.2) is 18.2 Å². The summed E-state index contributed by atoms with van der Waals surface area (Å²) in [5.74, 6) is 0.960. The molecular formula is C12H16O2. The fraction of sp³-hybridized carbons (Fsp3) is 0.417. The Bertz CT molecular complexity index is 340. The van der Waals surface area contributed by atoms with E-state index in [9.17, 15) is 4.79 Å². The summed E-state index contributed by atoms with van der Waals surface area (Å²) in [5, 5.41) is 0. The van der Waals surface area contributed by atoms with Crippen molar-refractivity contribution in [3.63, 3.8) is 0 Å². The number of rotatable bonds is 3. The Labute approximate surface area is 84.9 Å². The van der Waals surface area contributed by atoms with Gasteiger partial charge < -0.3 is 4.74 Å². The van der Waals surface area contributed by atoms with Gasteiger partial charge in [-0.2, -0.15) is 0 Å². The normalized spacial score (nSPS) is 10.4. The largest absolute Gasteiger partial charge is 0.496 e. The molecule has 0 amide bonds. The Morgan fingerprint density at radius 3 is 2.50 bits per heavy atom. The van der Waals surface area contributed by atoms with E-state index in [2.05, 4.69) is 0 Å². The van der Waals surface area contributed by atoms with Crippen molar-refractivity contribution in [3.05, 3.63) is 29.3 Å². The molecule has 0 unspecified atom stereocenters. The molecule has 2 heteroatoms. The van der Waals surface area contributed by atoms with Gasteiger partial charge in [0.15, 0.2) is 5.78 Å². The maximum absolute atomic E-state index is 11.7. The van der Waals surface area contributed by atoms with Crippen LogP contribution < -0.4 is 4.74 Å². The van der Waals surface area contributed by atoms with Gasteiger partial charge in [-0.25, -0.2) is 0 Å². The number of benzene rings is 1. The summed E-state index contributed by atoms with van der Waals surface area (Å²) in [4.78, 5) is 11.7. The molecule has 2 nitrogen and oxygen atoms in total. The quantitative estimate of drug-likeness (QED) is 0.688. The molecule has 0 radical (unpaired) electrons. The number of aryl methyl sites for hydroxylation is 1. The molecule has 14 heavy (non-hydrogen) atoms. The number of carbonyl (C=O) groups excluding carboxylic acids is 1. The molecule has 0 atom stereocenters. The molecule has 0 spiro atoms. The first-order chi connectivity index (χ1) is 6.56. The minimum Gasteiger partial charge on any atom is -0.496 e. The Morgan fingerprint density at radius 1 is 1.36 bits per heavy atom. The Hall–Kier alpha value is -1.31. The zero-order valence-corrected chi connectivity index (χ0v) is 9.13. The smallest absolute Gasteiger partial charge is 0.165 e. The monoisotopic (exact) mass is 192 g/mol. The summed E-state index contributed by atoms with van der Waals surface area (Å²) >= 11 is 0. The first-order valence-electron chi connectivity index (χ1n) is 4.75. The molecule has 0 saturated heterocycles. The standard InChI is InChI=1S/C12H16O2/c1-8(2)12(13)10-6-5-9(3)11(7-10)14-4/h5-8H,1-4H3. The highest BCUT2D eigenvalue weighted by molar-refractivity contribution is 5.97. The van der Waals surface area contributed by atoms with E-state index >= 15 is 0 Å². The van der Waals surface area contributed by atoms with Crippen molar-refractivity contribution in [1.29, 1.82) is 0 Å². The van der Waals surface area contributed by atoms with E-state index in [1.54, 1.807) is 13.2 Å². The highest BCUT2D eigenvalue weighted by Gasteiger charge is 2.11. The second-order valence-electron chi connectivity index (χ2n) is 3.70. The predicted octanol–water partition coefficient (Wildman–Crippen LogP) is 2.84. The zero-order valence-electron chi connectivity index (χ0n) is 9.13. The molecule has 1 aromatic rings. The lowest BCUT2D eigenvalue weighted by molar-refractivity contribution is 0.0939. The molecule has 0 saturated carbocycles. The molecule has 1 rings (SSSR count). The van der Waals surface area contributed by atoms with E-state index in [1.807, 2.05) is 32.9 Å². The average Bonchev–Trinajstić information content (AvgIpc) is 2.17. The van der Waals surface area contributed by atoms with Crippen molar-refractivity contribution in [1.82, 2.24) is 0 Å². The molecule has 0 heterocycles. The van der Waals surface area contributed by atoms with Gasteiger partial charge in [-0.15, -0.1) is 0 Å². The summed E-state index contributed by atoms with van der Waals surface area (Å²) in [6, 6.07) is 5.56. The molecule has 0 aliphatic heterocycles. The third kappa shape index (κ3) is 2.13. The van der Waals surface area contributed by atoms with Crippen LogP contribution in [0.2, 0.25) is 0 Å². The highest BCUT2D eigenvalue weighted by Crippen LogP contribution is 2.20. The minimum atomic E-state index is 0.0300. The van der Waals surface area contributed by atoms with Crippen LogP contribution >= 0.6 is 0 Å². The Kier molecular flexibility index (Phi) is 3.28. The van der Waals surface area contributed by atoms with Gasteiger partial charge in [0.25, 0.3) is 0 Å². The average molecular weight is 192 g/mol. The zero-order chi connectivity index (χ0) is 10.7. The fourth-order valence-corrected chi connectivity index (χ4v) is 1.31. The van der Waals surface area contributed by atoms with E-state index in [0.717, 1.165) is 16.9 Å². The summed E-state index contributed by atoms with van der Waals surface area (Å²) in [5.41, 5.74) is 1.77. The summed E-state index contributed by atoms with van der Waals surface area (Å²) in [6.07, 6.45) is 0. The number of carbonyl (C=O) groups is 1. The lowest BCUT2D eigenvalue weighted by atomic mass is 10.00. The molecule has 0 aromatic heterocycles. The van der Waals surface area contributed by atoms with Crippen LogP contribution in [0.5, 0.6) is 5.75 Å². The van der Waals surface area contributed by atoms with Crippen LogP contribution in [0.25, 0.3) is 0 Å². The van der Waals surface area contributed by atoms with E-state index < -0.39 is 0 Å². The van der Waals surface area contributed by atoms with Crippen molar-refractivity contribution < 1.29 is 9.53 Å². The van der Waals surface area contributed by atoms with E-state index in [-0.39, 0.29) is 11.7 Å². The van der Waals surface area contributed by atoms with Gasteiger partial charge >= 0.3 is 0 Å². The second kappa shape index (κ2) is 4.27. The van der Waals surface area contributed by atoms with Gasteiger partial charge in [0.1, 0.15) is 5.75 Å². The molecule has 0 N–H and O–H groups in total. The van der Waals surface area contributed by atoms with Crippen LogP contribution in [-0.4, -0.2) is 12.9 Å². The fourth-order valence-electron chi connectivity index (χ4n) is 1.31. The first-order valence-corrected chi connectivity index (χ1v) is 4.75. The summed E-state index contributed by atoms with van der Waals surface area (Å²) < 4.78 is 5.16. The lowest BCUT2D eigenvalue weighted by Crippen LogP contribution is -2.07. The Balaban J connectivity index is 3.06. The predicted molar refractivity (Wildman–Crippen MR) is 56.9 cm³/mol. The maximum Gasteiger partial charge on any atom is 0.165 e. The lowest BCUT2D eigenvalue weighted by Gasteiger charge is -2.08. The van der Waals surface area contributed by atoms with Crippen LogP contribution in [0.1, 0.15) is 29.8 Å². The number of Topliss-reactive ketones (excluding diaryl/α,β-unsaturated/α-hetero) is 1. The van der Waals surface area contributed by atoms with Crippen molar-refractivity contribution in [2.45, 2.75) is 20.8 Å². The number of ether oxygens (including phenoxy) is 1. The summed E-state index contributed by atoms with van der Waals surface area (Å²) in [7, 11) is 1.62. The van der Waals surface area contributed by atoms with Gasteiger partial charge in [0, 0.05) is 11.5 Å². The SMILES string of the molecule is COc1cc(C(=O)C(C)C)ccc1C. The van der Waals surface area contributed by atoms with Crippen molar-refractivity contribution >= 4 is 5.78 Å². The van der Waals surface area contributed by atoms with Crippen molar-refractivity contribution in [2.24, 2.45) is 5.92 Å². The van der Waals surface area contributed by atoms with Gasteiger partial charge in [-0.05, 0) is 18.6 Å². The van der Waals surface area contributed by atoms with E-state index in [4.69, 9.17) is 4.74 Å². The van der Waals surface area contributed by atoms with Crippen molar-refractivity contribution in [3.8, 4) is 5.75 Å². The molecule has 1 aromatic carbocycles. The minimum absolute atomic E-state index is 0.0300. The number of ketones is 1. The maximum atomic E-state index is 11.7. The molecular weight excluding hydrogens is 176 g/mol. The van der Waals surface area contributed by atoms with Crippen LogP contribution in [0, 0.1) is 12.8 Å². The molecule has 0 aliphatic carbocycles. The third-order valence-electron chi connectivity index (χ3n) is 2.22. The highest BCUT2D eigenvalue weighted by atomic mass is 16.5. The van der Waals surface area contributed by atoms with Crippen LogP contribution in [0.4, 0.5) is 0 Å². The Morgan fingerprint density at radius 2 is 2.00 bits per heavy atom. The molecule has 0 aliphatic rings. The van der Waals surface area contributed by atoms with Crippen LogP contribution in [-0.2, 0) is 0 Å². The molecule has 76 valence electrons. The first kappa shape index (κ1) is 10.8. The van der Waals surface area contributed by atoms with E-state index in [0.29, 0.717) is 0 Å². The molecule has 0 bridgehead atoms. The van der Waals surface area contributed by atoms with Gasteiger partial charge in [0.05, 0.1) is 7.11 Å². The summed E-state index contributed by atoms with van der Waals surface area (Å²) in [6.45, 7) is 5.76. The molecule has 0 fully saturated rings. The van der Waals surface area contributed by atoms with Crippen LogP contribution in [0.3, 0.4) is 0 Å². The number of methoxy groups -OCH3 is 1. The van der Waals surface area contributed by atoms with Gasteiger partial charge in [-0.3, -0.25) is 4.79 Å². The third-order valence-corrected chi connectivity index (χ3v) is 2.22. The second-order valence-corrected chi connectivity index (χ2v) is 3.70. The number of hydrogen-bond acceptors (Lipinski definition) is 2. The van der Waals surface area contributed by atoms with Crippen molar-refractivity contribution in [2.75, 3.05) is 7.11 Å². The topological polar surface area (TPSA) is 26.3 Å². The number of hydrogen-bond donors (Lipinski definition) is 0. The van der Waals surface area contributed by atoms with Gasteiger partial charge in [0.2, 0.25) is 0 Å². The van der Waals surface area contributed by atoms with Gasteiger partial charge in [-0.1, -0.05) is 26.0 Å². The van der Waals surface area contributed by atoms with E-state index in [1.165, 1.54) is 0 Å².